The lowest BCUT2D eigenvalue weighted by Crippen LogP contribution is -2.41. The first-order valence-electron chi connectivity index (χ1n) is 7.47. The molecule has 1 atom stereocenters. The average molecular weight is 337 g/mol. The first-order valence-corrected chi connectivity index (χ1v) is 8.35. The molecule has 0 spiro atoms. The zero-order valence-electron chi connectivity index (χ0n) is 12.8. The minimum atomic E-state index is -1.04. The SMILES string of the molecule is CCCC[C@H](NC(=O)CCn1cnc2sccc2c1=O)C(=O)O. The van der Waals surface area contributed by atoms with Gasteiger partial charge >= 0.3 is 5.97 Å². The summed E-state index contributed by atoms with van der Waals surface area (Å²) in [6, 6.07) is 0.827. The number of amides is 1. The lowest BCUT2D eigenvalue weighted by atomic mass is 10.1. The smallest absolute Gasteiger partial charge is 0.326 e. The Morgan fingerprint density at radius 3 is 2.96 bits per heavy atom. The van der Waals surface area contributed by atoms with Crippen LogP contribution in [-0.4, -0.2) is 32.6 Å². The molecule has 1 amide bonds. The summed E-state index contributed by atoms with van der Waals surface area (Å²) in [4.78, 5) is 40.0. The summed E-state index contributed by atoms with van der Waals surface area (Å²) in [5, 5.41) is 13.9. The lowest BCUT2D eigenvalue weighted by molar-refractivity contribution is -0.142. The van der Waals surface area contributed by atoms with Crippen molar-refractivity contribution < 1.29 is 14.7 Å². The van der Waals surface area contributed by atoms with Crippen molar-refractivity contribution in [2.24, 2.45) is 0 Å². The minimum Gasteiger partial charge on any atom is -0.480 e. The van der Waals surface area contributed by atoms with Gasteiger partial charge in [-0.3, -0.25) is 14.2 Å². The van der Waals surface area contributed by atoms with E-state index < -0.39 is 12.0 Å². The number of nitrogens with one attached hydrogen (secondary N) is 1. The Labute approximate surface area is 137 Å². The van der Waals surface area contributed by atoms with Gasteiger partial charge in [0.05, 0.1) is 11.7 Å². The fraction of sp³-hybridized carbons (Fsp3) is 0.467. The second-order valence-corrected chi connectivity index (χ2v) is 6.13. The molecule has 0 saturated carbocycles. The molecular weight excluding hydrogens is 318 g/mol. The summed E-state index contributed by atoms with van der Waals surface area (Å²) >= 11 is 1.38. The van der Waals surface area contributed by atoms with Crippen LogP contribution in [0.4, 0.5) is 0 Å². The number of unbranched alkanes of at least 4 members (excludes halogenated alkanes) is 1. The van der Waals surface area contributed by atoms with E-state index in [9.17, 15) is 14.4 Å². The van der Waals surface area contributed by atoms with Gasteiger partial charge in [-0.05, 0) is 17.9 Å². The Morgan fingerprint density at radius 1 is 1.48 bits per heavy atom. The zero-order chi connectivity index (χ0) is 16.8. The van der Waals surface area contributed by atoms with Gasteiger partial charge in [0, 0.05) is 13.0 Å². The summed E-state index contributed by atoms with van der Waals surface area (Å²) in [5.41, 5.74) is -0.190. The minimum absolute atomic E-state index is 0.0349. The number of thiophene rings is 1. The molecule has 0 aliphatic carbocycles. The average Bonchev–Trinajstić information content (AvgIpc) is 3.00. The van der Waals surface area contributed by atoms with E-state index in [1.807, 2.05) is 6.92 Å². The third-order valence-electron chi connectivity index (χ3n) is 3.51. The van der Waals surface area contributed by atoms with Crippen molar-refractivity contribution in [3.05, 3.63) is 28.1 Å². The van der Waals surface area contributed by atoms with E-state index in [1.54, 1.807) is 11.4 Å². The lowest BCUT2D eigenvalue weighted by Gasteiger charge is -2.14. The van der Waals surface area contributed by atoms with E-state index in [-0.39, 0.29) is 24.4 Å². The number of fused-ring (bicyclic) bond motifs is 1. The Morgan fingerprint density at radius 2 is 2.26 bits per heavy atom. The first kappa shape index (κ1) is 17.1. The summed E-state index contributed by atoms with van der Waals surface area (Å²) in [6.07, 6.45) is 3.45. The Balaban J connectivity index is 1.96. The number of hydrogen-bond acceptors (Lipinski definition) is 5. The van der Waals surface area contributed by atoms with E-state index in [1.165, 1.54) is 22.2 Å². The Kier molecular flexibility index (Phi) is 5.86. The van der Waals surface area contributed by atoms with Crippen molar-refractivity contribution in [2.75, 3.05) is 0 Å². The van der Waals surface area contributed by atoms with Crippen molar-refractivity contribution in [1.82, 2.24) is 14.9 Å². The molecule has 0 fully saturated rings. The molecular formula is C15H19N3O4S. The number of carbonyl (C=O) groups excluding carboxylic acids is 1. The Bertz CT molecular complexity index is 753. The van der Waals surface area contributed by atoms with Crippen LogP contribution in [0.15, 0.2) is 22.6 Å². The molecule has 0 aromatic carbocycles. The van der Waals surface area contributed by atoms with Crippen LogP contribution in [0.3, 0.4) is 0 Å². The fourth-order valence-electron chi connectivity index (χ4n) is 2.21. The molecule has 0 aliphatic heterocycles. The largest absolute Gasteiger partial charge is 0.480 e. The van der Waals surface area contributed by atoms with Crippen LogP contribution in [0.5, 0.6) is 0 Å². The van der Waals surface area contributed by atoms with Crippen molar-refractivity contribution in [1.29, 1.82) is 0 Å². The highest BCUT2D eigenvalue weighted by Crippen LogP contribution is 2.13. The van der Waals surface area contributed by atoms with Gasteiger partial charge in [0.1, 0.15) is 10.9 Å². The van der Waals surface area contributed by atoms with Gasteiger partial charge < -0.3 is 10.4 Å². The van der Waals surface area contributed by atoms with Crippen molar-refractivity contribution in [2.45, 2.75) is 45.2 Å². The van der Waals surface area contributed by atoms with Gasteiger partial charge in [0.2, 0.25) is 5.91 Å². The molecule has 2 heterocycles. The maximum Gasteiger partial charge on any atom is 0.326 e. The summed E-state index contributed by atoms with van der Waals surface area (Å²) in [6.45, 7) is 2.13. The molecule has 7 nitrogen and oxygen atoms in total. The standard InChI is InChI=1S/C15H19N3O4S/c1-2-3-4-11(15(21)22)17-12(19)5-7-18-9-16-13-10(14(18)20)6-8-23-13/h6,8-9,11H,2-5,7H2,1H3,(H,17,19)(H,21,22)/t11-/m0/s1. The number of aliphatic carboxylic acids is 1. The van der Waals surface area contributed by atoms with E-state index >= 15 is 0 Å². The molecule has 0 saturated heterocycles. The van der Waals surface area contributed by atoms with Crippen LogP contribution in [-0.2, 0) is 16.1 Å². The summed E-state index contributed by atoms with van der Waals surface area (Å²) < 4.78 is 1.37. The van der Waals surface area contributed by atoms with Crippen LogP contribution in [0.1, 0.15) is 32.6 Å². The van der Waals surface area contributed by atoms with Crippen LogP contribution in [0, 0.1) is 0 Å². The quantitative estimate of drug-likeness (QED) is 0.762. The molecule has 0 unspecified atom stereocenters. The third-order valence-corrected chi connectivity index (χ3v) is 4.33. The van der Waals surface area contributed by atoms with Gasteiger partial charge in [-0.2, -0.15) is 0 Å². The normalized spacial score (nSPS) is 12.2. The van der Waals surface area contributed by atoms with Crippen LogP contribution < -0.4 is 10.9 Å². The van der Waals surface area contributed by atoms with E-state index in [2.05, 4.69) is 10.3 Å². The molecule has 0 aliphatic rings. The number of aromatic nitrogens is 2. The fourth-order valence-corrected chi connectivity index (χ4v) is 2.93. The predicted octanol–water partition coefficient (Wildman–Crippen LogP) is 1.61. The molecule has 0 bridgehead atoms. The van der Waals surface area contributed by atoms with Crippen molar-refractivity contribution in [3.8, 4) is 0 Å². The van der Waals surface area contributed by atoms with Gasteiger partial charge in [-0.15, -0.1) is 11.3 Å². The van der Waals surface area contributed by atoms with Crippen LogP contribution >= 0.6 is 11.3 Å². The van der Waals surface area contributed by atoms with Crippen LogP contribution in [0.25, 0.3) is 10.2 Å². The summed E-state index contributed by atoms with van der Waals surface area (Å²) in [7, 11) is 0. The highest BCUT2D eigenvalue weighted by Gasteiger charge is 2.19. The number of carboxylic acids is 1. The highest BCUT2D eigenvalue weighted by atomic mass is 32.1. The highest BCUT2D eigenvalue weighted by molar-refractivity contribution is 7.16. The molecule has 0 radical (unpaired) electrons. The third kappa shape index (κ3) is 4.38. The molecule has 2 aromatic heterocycles. The molecule has 124 valence electrons. The predicted molar refractivity (Wildman–Crippen MR) is 87.6 cm³/mol. The van der Waals surface area contributed by atoms with Gasteiger partial charge in [0.15, 0.2) is 0 Å². The molecule has 2 rings (SSSR count). The van der Waals surface area contributed by atoms with E-state index in [0.717, 1.165) is 12.8 Å². The second kappa shape index (κ2) is 7.87. The number of carbonyl (C=O) groups is 2. The Hall–Kier alpha value is -2.22. The van der Waals surface area contributed by atoms with Gasteiger partial charge in [-0.1, -0.05) is 19.8 Å². The van der Waals surface area contributed by atoms with E-state index in [4.69, 9.17) is 5.11 Å². The van der Waals surface area contributed by atoms with Crippen molar-refractivity contribution >= 4 is 33.4 Å². The molecule has 2 N–H and O–H groups in total. The summed E-state index contributed by atoms with van der Waals surface area (Å²) in [5.74, 6) is -1.42. The number of carboxylic acid groups (broad SMARTS) is 1. The number of aryl methyl sites for hydroxylation is 1. The number of hydrogen-bond donors (Lipinski definition) is 2. The zero-order valence-corrected chi connectivity index (χ0v) is 13.6. The molecule has 2 aromatic rings. The monoisotopic (exact) mass is 337 g/mol. The maximum absolute atomic E-state index is 12.2. The van der Waals surface area contributed by atoms with Gasteiger partial charge in [0.25, 0.3) is 5.56 Å². The first-order chi connectivity index (χ1) is 11.0. The second-order valence-electron chi connectivity index (χ2n) is 5.23. The van der Waals surface area contributed by atoms with E-state index in [0.29, 0.717) is 16.6 Å². The topological polar surface area (TPSA) is 101 Å². The van der Waals surface area contributed by atoms with Gasteiger partial charge in [-0.25, -0.2) is 9.78 Å². The van der Waals surface area contributed by atoms with Crippen molar-refractivity contribution in [3.63, 3.8) is 0 Å². The van der Waals surface area contributed by atoms with Crippen LogP contribution in [0.2, 0.25) is 0 Å². The maximum atomic E-state index is 12.2. The number of nitrogens with zero attached hydrogens (tertiary/aromatic N) is 2. The molecule has 8 heteroatoms. The number of rotatable bonds is 8. The molecule has 23 heavy (non-hydrogen) atoms.